The molecule has 0 radical (unpaired) electrons. The number of rotatable bonds is 2. The number of nitrogens with one attached hydrogen (secondary N) is 3. The topological polar surface area (TPSA) is 113 Å². The first-order valence-corrected chi connectivity index (χ1v) is 6.95. The zero-order valence-electron chi connectivity index (χ0n) is 12.8. The molecule has 0 bridgehead atoms. The summed E-state index contributed by atoms with van der Waals surface area (Å²) in [6, 6.07) is 1.55. The van der Waals surface area contributed by atoms with Crippen molar-refractivity contribution in [3.8, 4) is 0 Å². The van der Waals surface area contributed by atoms with Crippen LogP contribution in [-0.4, -0.2) is 40.5 Å². The Bertz CT molecular complexity index is 583. The van der Waals surface area contributed by atoms with E-state index in [1.165, 1.54) is 6.20 Å². The van der Waals surface area contributed by atoms with Crippen LogP contribution >= 0.6 is 0 Å². The smallest absolute Gasteiger partial charge is 0.409 e. The first-order chi connectivity index (χ1) is 10.2. The molecule has 2 heterocycles. The SMILES string of the molecule is CC(C)(C)OC(=O)NC1CNc2cc(NC(=O)O)cnc2C1. The van der Waals surface area contributed by atoms with E-state index < -0.39 is 17.8 Å². The Kier molecular flexibility index (Phi) is 4.39. The van der Waals surface area contributed by atoms with Crippen LogP contribution in [-0.2, 0) is 11.2 Å². The van der Waals surface area contributed by atoms with E-state index in [4.69, 9.17) is 9.84 Å². The van der Waals surface area contributed by atoms with Crippen LogP contribution in [0, 0.1) is 0 Å². The van der Waals surface area contributed by atoms with Crippen LogP contribution in [0.5, 0.6) is 0 Å². The highest BCUT2D eigenvalue weighted by atomic mass is 16.6. The molecule has 2 rings (SSSR count). The fourth-order valence-corrected chi connectivity index (χ4v) is 2.12. The number of aromatic nitrogens is 1. The highest BCUT2D eigenvalue weighted by molar-refractivity contribution is 5.83. The van der Waals surface area contributed by atoms with Gasteiger partial charge in [0.2, 0.25) is 0 Å². The fourth-order valence-electron chi connectivity index (χ4n) is 2.12. The third kappa shape index (κ3) is 4.51. The summed E-state index contributed by atoms with van der Waals surface area (Å²) >= 11 is 0. The molecule has 0 fully saturated rings. The molecule has 8 heteroatoms. The zero-order valence-corrected chi connectivity index (χ0v) is 12.8. The van der Waals surface area contributed by atoms with Crippen LogP contribution in [0.1, 0.15) is 26.5 Å². The van der Waals surface area contributed by atoms with Crippen molar-refractivity contribution in [2.24, 2.45) is 0 Å². The lowest BCUT2D eigenvalue weighted by molar-refractivity contribution is 0.0506. The van der Waals surface area contributed by atoms with Crippen molar-refractivity contribution in [1.82, 2.24) is 10.3 Å². The van der Waals surface area contributed by atoms with E-state index >= 15 is 0 Å². The molecule has 1 unspecified atom stereocenters. The Morgan fingerprint density at radius 1 is 1.45 bits per heavy atom. The van der Waals surface area contributed by atoms with E-state index in [1.807, 2.05) is 0 Å². The van der Waals surface area contributed by atoms with Gasteiger partial charge >= 0.3 is 12.2 Å². The van der Waals surface area contributed by atoms with Gasteiger partial charge in [-0.25, -0.2) is 9.59 Å². The van der Waals surface area contributed by atoms with Gasteiger partial charge in [-0.2, -0.15) is 0 Å². The van der Waals surface area contributed by atoms with Crippen molar-refractivity contribution >= 4 is 23.6 Å². The van der Waals surface area contributed by atoms with E-state index in [2.05, 4.69) is 20.9 Å². The van der Waals surface area contributed by atoms with Gasteiger partial charge in [-0.05, 0) is 26.8 Å². The minimum absolute atomic E-state index is 0.131. The summed E-state index contributed by atoms with van der Waals surface area (Å²) in [7, 11) is 0. The molecule has 2 amide bonds. The number of nitrogens with zero attached hydrogens (tertiary/aromatic N) is 1. The molecule has 0 aromatic carbocycles. The molecule has 1 aromatic rings. The van der Waals surface area contributed by atoms with Crippen molar-refractivity contribution in [2.75, 3.05) is 17.2 Å². The molecule has 4 N–H and O–H groups in total. The van der Waals surface area contributed by atoms with E-state index in [0.717, 1.165) is 11.4 Å². The Balaban J connectivity index is 1.97. The first kappa shape index (κ1) is 15.9. The summed E-state index contributed by atoms with van der Waals surface area (Å²) in [4.78, 5) is 26.6. The number of anilines is 2. The van der Waals surface area contributed by atoms with Crippen LogP contribution in [0.15, 0.2) is 12.3 Å². The van der Waals surface area contributed by atoms with Gasteiger partial charge in [0.15, 0.2) is 0 Å². The molecule has 8 nitrogen and oxygen atoms in total. The maximum atomic E-state index is 11.8. The van der Waals surface area contributed by atoms with Gasteiger partial charge < -0.3 is 20.5 Å². The normalized spacial score (nSPS) is 17.0. The molecular weight excluding hydrogens is 288 g/mol. The largest absolute Gasteiger partial charge is 0.465 e. The lowest BCUT2D eigenvalue weighted by Gasteiger charge is -2.28. The lowest BCUT2D eigenvalue weighted by atomic mass is 10.0. The third-order valence-electron chi connectivity index (χ3n) is 2.92. The quantitative estimate of drug-likeness (QED) is 0.665. The van der Waals surface area contributed by atoms with Crippen molar-refractivity contribution in [3.05, 3.63) is 18.0 Å². The van der Waals surface area contributed by atoms with Crippen LogP contribution in [0.3, 0.4) is 0 Å². The molecule has 1 aliphatic heterocycles. The van der Waals surface area contributed by atoms with E-state index in [9.17, 15) is 9.59 Å². The number of pyridine rings is 1. The molecule has 0 spiro atoms. The molecular formula is C14H20N4O4. The number of carbonyl (C=O) groups excluding carboxylic acids is 1. The Morgan fingerprint density at radius 3 is 2.82 bits per heavy atom. The number of hydrogen-bond acceptors (Lipinski definition) is 5. The van der Waals surface area contributed by atoms with Gasteiger partial charge in [-0.1, -0.05) is 0 Å². The minimum Gasteiger partial charge on any atom is -0.465 e. The van der Waals surface area contributed by atoms with Gasteiger partial charge in [-0.15, -0.1) is 0 Å². The molecule has 1 aromatic heterocycles. The Morgan fingerprint density at radius 2 is 2.18 bits per heavy atom. The van der Waals surface area contributed by atoms with Crippen LogP contribution in [0.25, 0.3) is 0 Å². The van der Waals surface area contributed by atoms with Crippen molar-refractivity contribution in [2.45, 2.75) is 38.8 Å². The van der Waals surface area contributed by atoms with Gasteiger partial charge in [0.25, 0.3) is 0 Å². The van der Waals surface area contributed by atoms with Crippen molar-refractivity contribution in [1.29, 1.82) is 0 Å². The highest BCUT2D eigenvalue weighted by Crippen LogP contribution is 2.23. The number of alkyl carbamates (subject to hydrolysis) is 1. The van der Waals surface area contributed by atoms with Crippen molar-refractivity contribution < 1.29 is 19.4 Å². The lowest BCUT2D eigenvalue weighted by Crippen LogP contribution is -2.45. The Labute approximate surface area is 128 Å². The van der Waals surface area contributed by atoms with Crippen molar-refractivity contribution in [3.63, 3.8) is 0 Å². The summed E-state index contributed by atoms with van der Waals surface area (Å²) < 4.78 is 5.22. The van der Waals surface area contributed by atoms with Crippen LogP contribution in [0.4, 0.5) is 21.0 Å². The molecule has 0 saturated heterocycles. The predicted octanol–water partition coefficient (Wildman–Crippen LogP) is 2.03. The molecule has 22 heavy (non-hydrogen) atoms. The summed E-state index contributed by atoms with van der Waals surface area (Å²) in [6.45, 7) is 5.93. The number of ether oxygens (including phenoxy) is 1. The molecule has 1 aliphatic rings. The third-order valence-corrected chi connectivity index (χ3v) is 2.92. The molecule has 0 saturated carbocycles. The second-order valence-corrected chi connectivity index (χ2v) is 6.08. The molecule has 1 atom stereocenters. The van der Waals surface area contributed by atoms with Gasteiger partial charge in [-0.3, -0.25) is 10.3 Å². The van der Waals surface area contributed by atoms with E-state index in [0.29, 0.717) is 18.7 Å². The zero-order chi connectivity index (χ0) is 16.3. The van der Waals surface area contributed by atoms with Gasteiger partial charge in [0.05, 0.1) is 29.3 Å². The first-order valence-electron chi connectivity index (χ1n) is 6.95. The molecule has 0 aliphatic carbocycles. The van der Waals surface area contributed by atoms with Gasteiger partial charge in [0, 0.05) is 13.0 Å². The average Bonchev–Trinajstić information content (AvgIpc) is 2.35. The highest BCUT2D eigenvalue weighted by Gasteiger charge is 2.24. The second kappa shape index (κ2) is 6.08. The number of hydrogen-bond donors (Lipinski definition) is 4. The van der Waals surface area contributed by atoms with Gasteiger partial charge in [0.1, 0.15) is 5.60 Å². The maximum absolute atomic E-state index is 11.8. The predicted molar refractivity (Wildman–Crippen MR) is 81.2 cm³/mol. The van der Waals surface area contributed by atoms with E-state index in [1.54, 1.807) is 26.8 Å². The Hall–Kier alpha value is -2.51. The number of carbonyl (C=O) groups is 2. The fraction of sp³-hybridized carbons (Fsp3) is 0.500. The van der Waals surface area contributed by atoms with E-state index in [-0.39, 0.29) is 6.04 Å². The molecule has 120 valence electrons. The summed E-state index contributed by atoms with van der Waals surface area (Å²) in [5.74, 6) is 0. The average molecular weight is 308 g/mol. The number of carboxylic acid groups (broad SMARTS) is 1. The summed E-state index contributed by atoms with van der Waals surface area (Å²) in [6.07, 6.45) is 0.397. The number of fused-ring (bicyclic) bond motifs is 1. The minimum atomic E-state index is -1.14. The standard InChI is InChI=1S/C14H20N4O4/c1-14(2,3)22-13(21)18-9-5-11-10(16-7-9)4-8(6-15-11)17-12(19)20/h4,6,9,16-17H,5,7H2,1-3H3,(H,18,21)(H,19,20). The maximum Gasteiger partial charge on any atom is 0.409 e. The van der Waals surface area contributed by atoms with Crippen LogP contribution < -0.4 is 16.0 Å². The second-order valence-electron chi connectivity index (χ2n) is 6.08. The number of amides is 2. The summed E-state index contributed by atoms with van der Waals surface area (Å²) in [5, 5.41) is 16.9. The monoisotopic (exact) mass is 308 g/mol. The van der Waals surface area contributed by atoms with Crippen LogP contribution in [0.2, 0.25) is 0 Å². The summed E-state index contributed by atoms with van der Waals surface area (Å²) in [5.41, 5.74) is 1.38.